The molecule has 0 spiro atoms. The van der Waals surface area contributed by atoms with E-state index in [1.807, 2.05) is 0 Å². The van der Waals surface area contributed by atoms with Gasteiger partial charge in [-0.25, -0.2) is 13.4 Å². The van der Waals surface area contributed by atoms with Crippen molar-refractivity contribution in [2.75, 3.05) is 39.4 Å². The second-order valence-electron chi connectivity index (χ2n) is 7.11. The van der Waals surface area contributed by atoms with E-state index in [0.29, 0.717) is 43.4 Å². The third-order valence-corrected chi connectivity index (χ3v) is 7.21. The molecule has 1 saturated heterocycles. The molecular weight excluding hydrogens is 408 g/mol. The highest BCUT2D eigenvalue weighted by molar-refractivity contribution is 7.89. The second kappa shape index (κ2) is 7.29. The predicted octanol–water partition coefficient (Wildman–Crippen LogP) is 1.25. The number of hydrogen-bond acceptors (Lipinski definition) is 6. The van der Waals surface area contributed by atoms with Crippen LogP contribution in [0.4, 0.5) is 0 Å². The molecule has 0 aliphatic carbocycles. The molecule has 0 unspecified atom stereocenters. The first-order valence-electron chi connectivity index (χ1n) is 9.64. The molecule has 0 saturated carbocycles. The molecule has 2 aliphatic rings. The third kappa shape index (κ3) is 3.27. The van der Waals surface area contributed by atoms with Gasteiger partial charge in [-0.05, 0) is 24.3 Å². The average Bonchev–Trinajstić information content (AvgIpc) is 3.26. The molecule has 0 N–H and O–H groups in total. The largest absolute Gasteiger partial charge is 0.486 e. The fraction of sp³-hybridized carbons (Fsp3) is 0.300. The Morgan fingerprint density at radius 2 is 1.73 bits per heavy atom. The molecule has 3 aromatic rings. The van der Waals surface area contributed by atoms with Crippen molar-refractivity contribution in [3.63, 3.8) is 0 Å². The van der Waals surface area contributed by atoms with Crippen LogP contribution in [0.2, 0.25) is 0 Å². The van der Waals surface area contributed by atoms with Crippen LogP contribution < -0.4 is 9.47 Å². The molecular formula is C20H20N4O5S. The Hall–Kier alpha value is -3.11. The van der Waals surface area contributed by atoms with E-state index in [-0.39, 0.29) is 23.9 Å². The zero-order valence-corrected chi connectivity index (χ0v) is 16.9. The minimum Gasteiger partial charge on any atom is -0.486 e. The lowest BCUT2D eigenvalue weighted by Gasteiger charge is -2.34. The van der Waals surface area contributed by atoms with E-state index in [1.165, 1.54) is 16.4 Å². The summed E-state index contributed by atoms with van der Waals surface area (Å²) in [6, 6.07) is 8.18. The van der Waals surface area contributed by atoms with E-state index in [2.05, 4.69) is 4.98 Å². The summed E-state index contributed by atoms with van der Waals surface area (Å²) in [5, 5.41) is 0. The summed E-state index contributed by atoms with van der Waals surface area (Å²) >= 11 is 0. The number of fused-ring (bicyclic) bond motifs is 2. The molecule has 0 atom stereocenters. The topological polar surface area (TPSA) is 93.5 Å². The Kier molecular flexibility index (Phi) is 4.59. The van der Waals surface area contributed by atoms with Crippen molar-refractivity contribution in [2.45, 2.75) is 4.90 Å². The van der Waals surface area contributed by atoms with Crippen LogP contribution in [0.15, 0.2) is 53.8 Å². The standard InChI is InChI=1S/C20H20N4O5S/c25-20(15-1-4-19-21-5-6-23(19)14-15)22-7-9-24(10-8-22)30(26,27)16-2-3-17-18(13-16)29-12-11-28-17/h1-6,13-14H,7-12H2. The van der Waals surface area contributed by atoms with Gasteiger partial charge in [0, 0.05) is 50.8 Å². The number of benzene rings is 1. The van der Waals surface area contributed by atoms with E-state index in [1.54, 1.807) is 46.1 Å². The van der Waals surface area contributed by atoms with Crippen molar-refractivity contribution in [3.8, 4) is 11.5 Å². The van der Waals surface area contributed by atoms with Crippen LogP contribution in [0.1, 0.15) is 10.4 Å². The molecule has 1 amide bonds. The zero-order chi connectivity index (χ0) is 20.7. The first kappa shape index (κ1) is 18.9. The predicted molar refractivity (Wildman–Crippen MR) is 107 cm³/mol. The van der Waals surface area contributed by atoms with Gasteiger partial charge in [0.2, 0.25) is 10.0 Å². The molecule has 10 heteroatoms. The van der Waals surface area contributed by atoms with Crippen molar-refractivity contribution >= 4 is 21.6 Å². The highest BCUT2D eigenvalue weighted by Gasteiger charge is 2.31. The Morgan fingerprint density at radius 3 is 2.53 bits per heavy atom. The molecule has 2 aliphatic heterocycles. The lowest BCUT2D eigenvalue weighted by molar-refractivity contribution is 0.0697. The van der Waals surface area contributed by atoms with Crippen LogP contribution in [-0.4, -0.2) is 72.3 Å². The first-order valence-corrected chi connectivity index (χ1v) is 11.1. The number of carbonyl (C=O) groups excluding carboxylic acids is 1. The number of piperazine rings is 1. The fourth-order valence-corrected chi connectivity index (χ4v) is 5.13. The molecule has 1 aromatic carbocycles. The summed E-state index contributed by atoms with van der Waals surface area (Å²) in [4.78, 5) is 18.9. The maximum Gasteiger partial charge on any atom is 0.255 e. The maximum absolute atomic E-state index is 13.1. The van der Waals surface area contributed by atoms with Gasteiger partial charge in [0.05, 0.1) is 10.5 Å². The number of rotatable bonds is 3. The van der Waals surface area contributed by atoms with Gasteiger partial charge in [0.25, 0.3) is 5.91 Å². The van der Waals surface area contributed by atoms with Gasteiger partial charge in [0.1, 0.15) is 18.9 Å². The number of nitrogens with zero attached hydrogens (tertiary/aromatic N) is 4. The second-order valence-corrected chi connectivity index (χ2v) is 9.05. The van der Waals surface area contributed by atoms with Crippen molar-refractivity contribution in [1.82, 2.24) is 18.6 Å². The number of aromatic nitrogens is 2. The summed E-state index contributed by atoms with van der Waals surface area (Å²) < 4.78 is 40.3. The van der Waals surface area contributed by atoms with Crippen LogP contribution in [-0.2, 0) is 10.0 Å². The Labute approximate surface area is 173 Å². The fourth-order valence-electron chi connectivity index (χ4n) is 3.69. The highest BCUT2D eigenvalue weighted by atomic mass is 32.2. The van der Waals surface area contributed by atoms with Crippen LogP contribution in [0, 0.1) is 0 Å². The molecule has 9 nitrogen and oxygen atoms in total. The number of sulfonamides is 1. The van der Waals surface area contributed by atoms with E-state index >= 15 is 0 Å². The van der Waals surface area contributed by atoms with Crippen LogP contribution >= 0.6 is 0 Å². The van der Waals surface area contributed by atoms with Gasteiger partial charge in [-0.15, -0.1) is 0 Å². The molecule has 156 valence electrons. The third-order valence-electron chi connectivity index (χ3n) is 5.31. The smallest absolute Gasteiger partial charge is 0.255 e. The SMILES string of the molecule is O=C(c1ccc2nccn2c1)N1CCN(S(=O)(=O)c2ccc3c(c2)OCCO3)CC1. The molecule has 0 radical (unpaired) electrons. The van der Waals surface area contributed by atoms with Gasteiger partial charge in [-0.2, -0.15) is 4.31 Å². The van der Waals surface area contributed by atoms with Crippen LogP contribution in [0.5, 0.6) is 11.5 Å². The van der Waals surface area contributed by atoms with E-state index in [0.717, 1.165) is 5.65 Å². The lowest BCUT2D eigenvalue weighted by atomic mass is 10.2. The maximum atomic E-state index is 13.1. The normalized spacial score (nSPS) is 17.3. The molecule has 1 fully saturated rings. The summed E-state index contributed by atoms with van der Waals surface area (Å²) in [5.41, 5.74) is 1.31. The van der Waals surface area contributed by atoms with Gasteiger partial charge in [-0.1, -0.05) is 0 Å². The van der Waals surface area contributed by atoms with Crippen molar-refractivity contribution in [2.24, 2.45) is 0 Å². The highest BCUT2D eigenvalue weighted by Crippen LogP contribution is 2.33. The summed E-state index contributed by atoms with van der Waals surface area (Å²) in [5.74, 6) is 0.860. The van der Waals surface area contributed by atoms with E-state index < -0.39 is 10.0 Å². The van der Waals surface area contributed by atoms with Gasteiger partial charge in [0.15, 0.2) is 11.5 Å². The van der Waals surface area contributed by atoms with Gasteiger partial charge in [-0.3, -0.25) is 4.79 Å². The van der Waals surface area contributed by atoms with E-state index in [9.17, 15) is 13.2 Å². The summed E-state index contributed by atoms with van der Waals surface area (Å²) in [6.45, 7) is 1.95. The lowest BCUT2D eigenvalue weighted by Crippen LogP contribution is -2.50. The van der Waals surface area contributed by atoms with Gasteiger partial charge < -0.3 is 18.8 Å². The Morgan fingerprint density at radius 1 is 0.967 bits per heavy atom. The number of carbonyl (C=O) groups is 1. The van der Waals surface area contributed by atoms with Crippen molar-refractivity contribution in [3.05, 3.63) is 54.5 Å². The molecule has 4 heterocycles. The minimum absolute atomic E-state index is 0.123. The first-order chi connectivity index (χ1) is 14.5. The number of imidazole rings is 1. The molecule has 0 bridgehead atoms. The Bertz CT molecular complexity index is 1210. The number of ether oxygens (including phenoxy) is 2. The monoisotopic (exact) mass is 428 g/mol. The zero-order valence-electron chi connectivity index (χ0n) is 16.1. The molecule has 30 heavy (non-hydrogen) atoms. The van der Waals surface area contributed by atoms with Crippen molar-refractivity contribution < 1.29 is 22.7 Å². The quantitative estimate of drug-likeness (QED) is 0.623. The summed E-state index contributed by atoms with van der Waals surface area (Å²) in [7, 11) is -3.68. The molecule has 5 rings (SSSR count). The minimum atomic E-state index is -3.68. The van der Waals surface area contributed by atoms with Crippen LogP contribution in [0.25, 0.3) is 5.65 Å². The Balaban J connectivity index is 1.29. The number of hydrogen-bond donors (Lipinski definition) is 0. The number of pyridine rings is 1. The average molecular weight is 428 g/mol. The molecule has 2 aromatic heterocycles. The van der Waals surface area contributed by atoms with Crippen molar-refractivity contribution in [1.29, 1.82) is 0 Å². The number of amides is 1. The van der Waals surface area contributed by atoms with E-state index in [4.69, 9.17) is 9.47 Å². The van der Waals surface area contributed by atoms with Gasteiger partial charge >= 0.3 is 0 Å². The van der Waals surface area contributed by atoms with Crippen LogP contribution in [0.3, 0.4) is 0 Å². The summed E-state index contributed by atoms with van der Waals surface area (Å²) in [6.07, 6.45) is 5.19.